The van der Waals surface area contributed by atoms with Crippen LogP contribution in [0.15, 0.2) is 35.3 Å². The summed E-state index contributed by atoms with van der Waals surface area (Å²) in [6, 6.07) is 7.72. The number of benzene rings is 1. The number of H-pyrrole nitrogens is 1. The summed E-state index contributed by atoms with van der Waals surface area (Å²) in [5.41, 5.74) is 7.29. The molecule has 3 rings (SSSR count). The normalized spacial score (nSPS) is 17.5. The lowest BCUT2D eigenvalue weighted by Gasteiger charge is -2.32. The van der Waals surface area contributed by atoms with E-state index in [4.69, 9.17) is 5.73 Å². The van der Waals surface area contributed by atoms with Crippen molar-refractivity contribution in [3.05, 3.63) is 51.9 Å². The van der Waals surface area contributed by atoms with Crippen molar-refractivity contribution in [2.24, 2.45) is 11.7 Å². The molecule has 0 radical (unpaired) electrons. The Hall–Kier alpha value is -2.47. The van der Waals surface area contributed by atoms with E-state index >= 15 is 0 Å². The molecule has 2 aromatic rings. The molecule has 1 amide bonds. The lowest BCUT2D eigenvalue weighted by molar-refractivity contribution is 0.0667. The van der Waals surface area contributed by atoms with E-state index in [1.807, 2.05) is 31.2 Å². The Labute approximate surface area is 147 Å². The molecule has 0 aliphatic carbocycles. The quantitative estimate of drug-likeness (QED) is 0.890. The van der Waals surface area contributed by atoms with E-state index in [-0.39, 0.29) is 11.5 Å². The molecule has 132 valence electrons. The predicted molar refractivity (Wildman–Crippen MR) is 97.3 cm³/mol. The van der Waals surface area contributed by atoms with Gasteiger partial charge in [-0.2, -0.15) is 0 Å². The molecule has 25 heavy (non-hydrogen) atoms. The molecule has 2 heterocycles. The average molecular weight is 340 g/mol. The molecule has 6 nitrogen and oxygen atoms in total. The summed E-state index contributed by atoms with van der Waals surface area (Å²) in [5.74, 6) is 0.647. The number of hydrogen-bond donors (Lipinski definition) is 2. The molecular weight excluding hydrogens is 316 g/mol. The third-order valence-corrected chi connectivity index (χ3v) is 4.74. The number of piperidine rings is 1. The van der Waals surface area contributed by atoms with Crippen molar-refractivity contribution >= 4 is 5.91 Å². The van der Waals surface area contributed by atoms with Crippen LogP contribution in [0.4, 0.5) is 0 Å². The van der Waals surface area contributed by atoms with Gasteiger partial charge in [-0.15, -0.1) is 0 Å². The van der Waals surface area contributed by atoms with Gasteiger partial charge in [0.25, 0.3) is 11.5 Å². The maximum Gasteiger partial charge on any atom is 0.264 e. The zero-order valence-electron chi connectivity index (χ0n) is 14.5. The fourth-order valence-corrected chi connectivity index (χ4v) is 3.30. The zero-order chi connectivity index (χ0) is 17.8. The first-order valence-corrected chi connectivity index (χ1v) is 8.74. The Morgan fingerprint density at radius 3 is 2.80 bits per heavy atom. The van der Waals surface area contributed by atoms with Crippen LogP contribution < -0.4 is 11.3 Å². The van der Waals surface area contributed by atoms with Crippen LogP contribution in [-0.4, -0.2) is 40.4 Å². The number of carbonyl (C=O) groups excluding carboxylic acids is 1. The topological polar surface area (TPSA) is 92.1 Å². The Kier molecular flexibility index (Phi) is 5.28. The van der Waals surface area contributed by atoms with Crippen LogP contribution >= 0.6 is 0 Å². The molecule has 3 N–H and O–H groups in total. The van der Waals surface area contributed by atoms with Gasteiger partial charge >= 0.3 is 0 Å². The second-order valence-corrected chi connectivity index (χ2v) is 6.68. The van der Waals surface area contributed by atoms with E-state index in [0.717, 1.165) is 30.4 Å². The summed E-state index contributed by atoms with van der Waals surface area (Å²) in [4.78, 5) is 33.9. The molecule has 0 bridgehead atoms. The molecule has 0 unspecified atom stereocenters. The Balaban J connectivity index is 1.79. The highest BCUT2D eigenvalue weighted by molar-refractivity contribution is 5.93. The van der Waals surface area contributed by atoms with Gasteiger partial charge in [0.15, 0.2) is 0 Å². The van der Waals surface area contributed by atoms with E-state index in [0.29, 0.717) is 31.4 Å². The summed E-state index contributed by atoms with van der Waals surface area (Å²) in [6.45, 7) is 3.96. The Morgan fingerprint density at radius 1 is 1.36 bits per heavy atom. The molecular formula is C19H24N4O2. The van der Waals surface area contributed by atoms with Crippen molar-refractivity contribution in [3.8, 4) is 11.4 Å². The Morgan fingerprint density at radius 2 is 2.12 bits per heavy atom. The summed E-state index contributed by atoms with van der Waals surface area (Å²) in [7, 11) is 0. The van der Waals surface area contributed by atoms with Gasteiger partial charge in [-0.05, 0) is 38.6 Å². The van der Waals surface area contributed by atoms with Crippen LogP contribution in [0, 0.1) is 12.8 Å². The summed E-state index contributed by atoms with van der Waals surface area (Å²) >= 11 is 0. The predicted octanol–water partition coefficient (Wildman–Crippen LogP) is 1.95. The summed E-state index contributed by atoms with van der Waals surface area (Å²) < 4.78 is 0. The maximum absolute atomic E-state index is 12.7. The average Bonchev–Trinajstić information content (AvgIpc) is 2.62. The number of nitrogens with zero attached hydrogens (tertiary/aromatic N) is 2. The molecule has 1 saturated heterocycles. The first-order valence-electron chi connectivity index (χ1n) is 8.74. The highest BCUT2D eigenvalue weighted by Gasteiger charge is 2.26. The van der Waals surface area contributed by atoms with Crippen molar-refractivity contribution in [1.82, 2.24) is 14.9 Å². The second-order valence-electron chi connectivity index (χ2n) is 6.68. The first kappa shape index (κ1) is 17.4. The van der Waals surface area contributed by atoms with Crippen molar-refractivity contribution < 1.29 is 4.79 Å². The Bertz CT molecular complexity index is 796. The standard InChI is InChI=1S/C19H24N4O2/c1-13-4-6-15(7-5-13)17-21-11-16(18(24)22-17)19(25)23-10-2-3-14(12-23)8-9-20/h4-7,11,14H,2-3,8-10,12,20H2,1H3,(H,21,22,24)/t14-/m0/s1. The highest BCUT2D eigenvalue weighted by atomic mass is 16.2. The van der Waals surface area contributed by atoms with Crippen LogP contribution in [0.25, 0.3) is 11.4 Å². The van der Waals surface area contributed by atoms with Crippen LogP contribution in [0.3, 0.4) is 0 Å². The second kappa shape index (κ2) is 7.61. The van der Waals surface area contributed by atoms with Gasteiger partial charge < -0.3 is 15.6 Å². The van der Waals surface area contributed by atoms with E-state index in [9.17, 15) is 9.59 Å². The molecule has 6 heteroatoms. The number of carbonyl (C=O) groups is 1. The number of nitrogens with one attached hydrogen (secondary N) is 1. The van der Waals surface area contributed by atoms with Gasteiger partial charge in [-0.25, -0.2) is 4.98 Å². The fraction of sp³-hybridized carbons (Fsp3) is 0.421. The number of aryl methyl sites for hydroxylation is 1. The van der Waals surface area contributed by atoms with Crippen LogP contribution in [0.1, 0.15) is 35.2 Å². The third kappa shape index (κ3) is 3.96. The lowest BCUT2D eigenvalue weighted by atomic mass is 9.94. The number of rotatable bonds is 4. The molecule has 0 spiro atoms. The van der Waals surface area contributed by atoms with Crippen molar-refractivity contribution in [2.75, 3.05) is 19.6 Å². The van der Waals surface area contributed by atoms with Gasteiger partial charge in [0.1, 0.15) is 11.4 Å². The molecule has 0 saturated carbocycles. The highest BCUT2D eigenvalue weighted by Crippen LogP contribution is 2.20. The summed E-state index contributed by atoms with van der Waals surface area (Å²) in [5, 5.41) is 0. The largest absolute Gasteiger partial charge is 0.338 e. The smallest absolute Gasteiger partial charge is 0.264 e. The van der Waals surface area contributed by atoms with Crippen molar-refractivity contribution in [1.29, 1.82) is 0 Å². The number of likely N-dealkylation sites (tertiary alicyclic amines) is 1. The van der Waals surface area contributed by atoms with Crippen molar-refractivity contribution in [2.45, 2.75) is 26.2 Å². The third-order valence-electron chi connectivity index (χ3n) is 4.74. The number of hydrogen-bond acceptors (Lipinski definition) is 4. The van der Waals surface area contributed by atoms with Crippen LogP contribution in [0.5, 0.6) is 0 Å². The van der Waals surface area contributed by atoms with Gasteiger partial charge in [0.2, 0.25) is 0 Å². The molecule has 1 aliphatic heterocycles. The minimum absolute atomic E-state index is 0.101. The monoisotopic (exact) mass is 340 g/mol. The molecule has 1 aromatic heterocycles. The molecule has 1 aliphatic rings. The number of aromatic nitrogens is 2. The van der Waals surface area contributed by atoms with Gasteiger partial charge in [0.05, 0.1) is 0 Å². The van der Waals surface area contributed by atoms with Gasteiger partial charge in [-0.1, -0.05) is 29.8 Å². The molecule has 1 atom stereocenters. The molecule has 1 fully saturated rings. The van der Waals surface area contributed by atoms with E-state index in [2.05, 4.69) is 9.97 Å². The zero-order valence-corrected chi connectivity index (χ0v) is 14.5. The minimum atomic E-state index is -0.392. The van der Waals surface area contributed by atoms with E-state index < -0.39 is 5.56 Å². The summed E-state index contributed by atoms with van der Waals surface area (Å²) in [6.07, 6.45) is 4.33. The number of nitrogens with two attached hydrogens (primary N) is 1. The SMILES string of the molecule is Cc1ccc(-c2ncc(C(=O)N3CCC[C@@H](CCN)C3)c(=O)[nH]2)cc1. The number of amides is 1. The maximum atomic E-state index is 12.7. The van der Waals surface area contributed by atoms with Crippen molar-refractivity contribution in [3.63, 3.8) is 0 Å². The van der Waals surface area contributed by atoms with Gasteiger partial charge in [-0.3, -0.25) is 9.59 Å². The lowest BCUT2D eigenvalue weighted by Crippen LogP contribution is -2.42. The van der Waals surface area contributed by atoms with Crippen LogP contribution in [-0.2, 0) is 0 Å². The fourth-order valence-electron chi connectivity index (χ4n) is 3.30. The first-order chi connectivity index (χ1) is 12.1. The van der Waals surface area contributed by atoms with Crippen LogP contribution in [0.2, 0.25) is 0 Å². The molecule has 1 aromatic carbocycles. The van der Waals surface area contributed by atoms with Gasteiger partial charge in [0, 0.05) is 24.8 Å². The minimum Gasteiger partial charge on any atom is -0.338 e. The van der Waals surface area contributed by atoms with E-state index in [1.165, 1.54) is 6.20 Å². The number of aromatic amines is 1. The van der Waals surface area contributed by atoms with E-state index in [1.54, 1.807) is 4.90 Å².